The van der Waals surface area contributed by atoms with E-state index in [9.17, 15) is 9.59 Å². The van der Waals surface area contributed by atoms with Gasteiger partial charge in [0.1, 0.15) is 24.7 Å². The van der Waals surface area contributed by atoms with Crippen molar-refractivity contribution in [3.05, 3.63) is 130 Å². The van der Waals surface area contributed by atoms with Gasteiger partial charge in [-0.3, -0.25) is 4.79 Å². The van der Waals surface area contributed by atoms with Crippen molar-refractivity contribution in [2.75, 3.05) is 7.11 Å². The van der Waals surface area contributed by atoms with Gasteiger partial charge in [0.2, 0.25) is 0 Å². The fourth-order valence-corrected chi connectivity index (χ4v) is 3.93. The summed E-state index contributed by atoms with van der Waals surface area (Å²) in [4.78, 5) is 24.2. The molecule has 7 nitrogen and oxygen atoms in total. The molecule has 0 unspecified atom stereocenters. The largest absolute Gasteiger partial charge is 0.489 e. The van der Waals surface area contributed by atoms with Gasteiger partial charge in [0.05, 0.1) is 18.9 Å². The minimum atomic E-state index is -0.385. The van der Waals surface area contributed by atoms with E-state index in [4.69, 9.17) is 14.2 Å². The van der Waals surface area contributed by atoms with Crippen LogP contribution in [0.3, 0.4) is 0 Å². The van der Waals surface area contributed by atoms with Crippen molar-refractivity contribution in [3.63, 3.8) is 0 Å². The Morgan fingerprint density at radius 2 is 1.34 bits per heavy atom. The zero-order chi connectivity index (χ0) is 29.2. The Labute approximate surface area is 240 Å². The highest BCUT2D eigenvalue weighted by Gasteiger charge is 2.13. The lowest BCUT2D eigenvalue weighted by Crippen LogP contribution is -2.17. The monoisotopic (exact) mass is 550 g/mol. The van der Waals surface area contributed by atoms with Crippen LogP contribution in [-0.4, -0.2) is 25.2 Å². The molecule has 0 atom stereocenters. The molecule has 0 aromatic heterocycles. The van der Waals surface area contributed by atoms with Gasteiger partial charge in [-0.05, 0) is 70.6 Å². The number of benzene rings is 4. The van der Waals surface area contributed by atoms with Gasteiger partial charge in [-0.2, -0.15) is 5.10 Å². The Kier molecular flexibility index (Phi) is 9.53. The first-order valence-corrected chi connectivity index (χ1v) is 13.3. The number of amides is 1. The zero-order valence-electron chi connectivity index (χ0n) is 23.7. The number of ether oxygens (including phenoxy) is 3. The van der Waals surface area contributed by atoms with Crippen LogP contribution in [0.25, 0.3) is 0 Å². The maximum Gasteiger partial charge on any atom is 0.337 e. The molecule has 0 saturated heterocycles. The van der Waals surface area contributed by atoms with Crippen molar-refractivity contribution in [3.8, 4) is 11.5 Å². The van der Waals surface area contributed by atoms with E-state index in [2.05, 4.69) is 43.4 Å². The first kappa shape index (κ1) is 29.1. The summed E-state index contributed by atoms with van der Waals surface area (Å²) in [5.74, 6) is 0.703. The highest BCUT2D eigenvalue weighted by Crippen LogP contribution is 2.24. The third kappa shape index (κ3) is 8.29. The molecule has 4 aromatic carbocycles. The van der Waals surface area contributed by atoms with E-state index in [0.717, 1.165) is 16.9 Å². The standard InChI is InChI=1S/C34H34N2O5/c1-34(2,3)29-17-19-30(20-18-29)40-22-24-9-13-26(14-10-24)32(37)36-35-21-28-7-5-6-8-31(28)41-23-25-11-15-27(16-12-25)33(38)39-4/h5-21H,22-23H2,1-4H3,(H,36,37)/b35-21+. The normalized spacial score (nSPS) is 11.2. The molecule has 0 heterocycles. The maximum atomic E-state index is 12.6. The molecule has 0 fully saturated rings. The molecule has 0 aliphatic rings. The van der Waals surface area contributed by atoms with Gasteiger partial charge in [-0.25, -0.2) is 10.2 Å². The number of rotatable bonds is 10. The molecule has 1 N–H and O–H groups in total. The van der Waals surface area contributed by atoms with Crippen LogP contribution in [0.5, 0.6) is 11.5 Å². The van der Waals surface area contributed by atoms with E-state index in [-0.39, 0.29) is 17.3 Å². The van der Waals surface area contributed by atoms with Crippen LogP contribution in [-0.2, 0) is 23.4 Å². The second kappa shape index (κ2) is 13.4. The van der Waals surface area contributed by atoms with E-state index in [1.807, 2.05) is 60.7 Å². The summed E-state index contributed by atoms with van der Waals surface area (Å²) < 4.78 is 16.6. The summed E-state index contributed by atoms with van der Waals surface area (Å²) >= 11 is 0. The average molecular weight is 551 g/mol. The van der Waals surface area contributed by atoms with Gasteiger partial charge in [-0.1, -0.05) is 69.3 Å². The van der Waals surface area contributed by atoms with E-state index in [1.165, 1.54) is 12.7 Å². The summed E-state index contributed by atoms with van der Waals surface area (Å²) in [5, 5.41) is 4.12. The Bertz CT molecular complexity index is 1490. The zero-order valence-corrected chi connectivity index (χ0v) is 23.7. The minimum Gasteiger partial charge on any atom is -0.489 e. The van der Waals surface area contributed by atoms with Crippen LogP contribution < -0.4 is 14.9 Å². The number of hydrogen-bond acceptors (Lipinski definition) is 6. The smallest absolute Gasteiger partial charge is 0.337 e. The molecule has 0 aliphatic carbocycles. The fourth-order valence-electron chi connectivity index (χ4n) is 3.93. The first-order valence-electron chi connectivity index (χ1n) is 13.3. The predicted octanol–water partition coefficient (Wildman–Crippen LogP) is 6.69. The lowest BCUT2D eigenvalue weighted by atomic mass is 9.87. The van der Waals surface area contributed by atoms with Crippen molar-refractivity contribution in [2.24, 2.45) is 5.10 Å². The summed E-state index contributed by atoms with van der Waals surface area (Å²) in [6.07, 6.45) is 1.54. The third-order valence-electron chi connectivity index (χ3n) is 6.40. The molecule has 0 spiro atoms. The number of nitrogens with zero attached hydrogens (tertiary/aromatic N) is 1. The highest BCUT2D eigenvalue weighted by atomic mass is 16.5. The number of nitrogens with one attached hydrogen (secondary N) is 1. The van der Waals surface area contributed by atoms with E-state index in [0.29, 0.717) is 35.7 Å². The summed E-state index contributed by atoms with van der Waals surface area (Å²) in [6, 6.07) is 29.7. The molecule has 0 radical (unpaired) electrons. The SMILES string of the molecule is COC(=O)c1ccc(COc2ccccc2/C=N/NC(=O)c2ccc(COc3ccc(C(C)(C)C)cc3)cc2)cc1. The fraction of sp³-hybridized carbons (Fsp3) is 0.206. The summed E-state index contributed by atoms with van der Waals surface area (Å²) in [5.41, 5.74) is 7.43. The van der Waals surface area contributed by atoms with E-state index >= 15 is 0 Å². The van der Waals surface area contributed by atoms with Crippen molar-refractivity contribution >= 4 is 18.1 Å². The summed E-state index contributed by atoms with van der Waals surface area (Å²) in [7, 11) is 1.35. The Hall–Kier alpha value is -4.91. The topological polar surface area (TPSA) is 86.2 Å². The van der Waals surface area contributed by atoms with Crippen molar-refractivity contribution < 1.29 is 23.8 Å². The molecule has 4 aromatic rings. The molecular formula is C34H34N2O5. The Morgan fingerprint density at radius 3 is 1.95 bits per heavy atom. The number of carbonyl (C=O) groups is 2. The summed E-state index contributed by atoms with van der Waals surface area (Å²) in [6.45, 7) is 7.24. The lowest BCUT2D eigenvalue weighted by Gasteiger charge is -2.19. The Morgan fingerprint density at radius 1 is 0.756 bits per heavy atom. The predicted molar refractivity (Wildman–Crippen MR) is 160 cm³/mol. The quantitative estimate of drug-likeness (QED) is 0.135. The molecule has 1 amide bonds. The Balaban J connectivity index is 1.28. The van der Waals surface area contributed by atoms with Gasteiger partial charge >= 0.3 is 5.97 Å². The van der Waals surface area contributed by atoms with Gasteiger partial charge in [0.15, 0.2) is 0 Å². The average Bonchev–Trinajstić information content (AvgIpc) is 2.99. The van der Waals surface area contributed by atoms with Crippen molar-refractivity contribution in [1.29, 1.82) is 0 Å². The lowest BCUT2D eigenvalue weighted by molar-refractivity contribution is 0.0600. The van der Waals surface area contributed by atoms with Gasteiger partial charge < -0.3 is 14.2 Å². The second-order valence-corrected chi connectivity index (χ2v) is 10.5. The first-order chi connectivity index (χ1) is 19.7. The number of esters is 1. The van der Waals surface area contributed by atoms with Crippen molar-refractivity contribution in [1.82, 2.24) is 5.43 Å². The minimum absolute atomic E-state index is 0.0956. The molecule has 210 valence electrons. The molecule has 41 heavy (non-hydrogen) atoms. The van der Waals surface area contributed by atoms with Gasteiger partial charge in [0.25, 0.3) is 5.91 Å². The maximum absolute atomic E-state index is 12.6. The molecule has 4 rings (SSSR count). The van der Waals surface area contributed by atoms with Crippen molar-refractivity contribution in [2.45, 2.75) is 39.4 Å². The van der Waals surface area contributed by atoms with E-state index in [1.54, 1.807) is 30.5 Å². The van der Waals surface area contributed by atoms with Crippen LogP contribution in [0.1, 0.15) is 63.7 Å². The third-order valence-corrected chi connectivity index (χ3v) is 6.40. The van der Waals surface area contributed by atoms with Crippen LogP contribution in [0.4, 0.5) is 0 Å². The van der Waals surface area contributed by atoms with E-state index < -0.39 is 0 Å². The van der Waals surface area contributed by atoms with Gasteiger partial charge in [-0.15, -0.1) is 0 Å². The molecule has 0 aliphatic heterocycles. The number of methoxy groups -OCH3 is 1. The second-order valence-electron chi connectivity index (χ2n) is 10.5. The molecular weight excluding hydrogens is 516 g/mol. The number of hydrogen-bond donors (Lipinski definition) is 1. The van der Waals surface area contributed by atoms with Crippen LogP contribution in [0.15, 0.2) is 102 Å². The number of hydrazone groups is 1. The molecule has 7 heteroatoms. The van der Waals surface area contributed by atoms with Crippen LogP contribution in [0, 0.1) is 0 Å². The molecule has 0 bridgehead atoms. The van der Waals surface area contributed by atoms with Gasteiger partial charge in [0, 0.05) is 11.1 Å². The van der Waals surface area contributed by atoms with Crippen LogP contribution in [0.2, 0.25) is 0 Å². The molecule has 0 saturated carbocycles. The number of carbonyl (C=O) groups excluding carboxylic acids is 2. The number of para-hydroxylation sites is 1. The highest BCUT2D eigenvalue weighted by molar-refractivity contribution is 5.95. The van der Waals surface area contributed by atoms with Crippen LogP contribution >= 0.6 is 0 Å².